The predicted octanol–water partition coefficient (Wildman–Crippen LogP) is 3.20. The van der Waals surface area contributed by atoms with E-state index >= 15 is 0 Å². The fraction of sp³-hybridized carbons (Fsp3) is 0.190. The van der Waals surface area contributed by atoms with Gasteiger partial charge >= 0.3 is 0 Å². The molecule has 0 atom stereocenters. The van der Waals surface area contributed by atoms with Gasteiger partial charge in [-0.15, -0.1) is 0 Å². The van der Waals surface area contributed by atoms with Crippen LogP contribution in [0.2, 0.25) is 0 Å². The van der Waals surface area contributed by atoms with Crippen molar-refractivity contribution in [3.05, 3.63) is 64.9 Å². The van der Waals surface area contributed by atoms with Gasteiger partial charge in [0.15, 0.2) is 0 Å². The maximum Gasteiger partial charge on any atom is 0.274 e. The summed E-state index contributed by atoms with van der Waals surface area (Å²) >= 11 is 0. The van der Waals surface area contributed by atoms with Gasteiger partial charge in [0.25, 0.3) is 5.91 Å². The molecular weight excluding hydrogens is 366 g/mol. The van der Waals surface area contributed by atoms with Crippen LogP contribution >= 0.6 is 0 Å². The molecule has 0 spiro atoms. The van der Waals surface area contributed by atoms with E-state index in [2.05, 4.69) is 26.6 Å². The third kappa shape index (κ3) is 3.12. The Morgan fingerprint density at radius 3 is 2.62 bits per heavy atom. The van der Waals surface area contributed by atoms with Crippen LogP contribution in [0, 0.1) is 32.1 Å². The van der Waals surface area contributed by atoms with E-state index in [9.17, 15) is 10.1 Å². The van der Waals surface area contributed by atoms with Crippen molar-refractivity contribution in [2.24, 2.45) is 7.05 Å². The average molecular weight is 385 g/mol. The third-order valence-corrected chi connectivity index (χ3v) is 5.03. The van der Waals surface area contributed by atoms with Crippen molar-refractivity contribution in [3.63, 3.8) is 0 Å². The highest BCUT2D eigenvalue weighted by atomic mass is 16.1. The number of rotatable bonds is 3. The SMILES string of the molecule is Cc1nc(C(=O)Nc2ccc3cnn(-c4cnn(C)c4)c3c2)c(C)c(C)c1C#N. The van der Waals surface area contributed by atoms with Crippen LogP contribution in [0.3, 0.4) is 0 Å². The first kappa shape index (κ1) is 18.4. The van der Waals surface area contributed by atoms with Crippen LogP contribution in [0.1, 0.15) is 32.9 Å². The molecule has 29 heavy (non-hydrogen) atoms. The predicted molar refractivity (Wildman–Crippen MR) is 109 cm³/mol. The lowest BCUT2D eigenvalue weighted by atomic mass is 10.0. The molecule has 1 amide bonds. The average Bonchev–Trinajstić information content (AvgIpc) is 3.30. The largest absolute Gasteiger partial charge is 0.321 e. The molecule has 0 bridgehead atoms. The minimum absolute atomic E-state index is 0.315. The fourth-order valence-corrected chi connectivity index (χ4v) is 3.34. The number of carbonyl (C=O) groups is 1. The molecule has 0 aliphatic rings. The first-order valence-electron chi connectivity index (χ1n) is 9.05. The van der Waals surface area contributed by atoms with Crippen molar-refractivity contribution in [3.8, 4) is 11.8 Å². The summed E-state index contributed by atoms with van der Waals surface area (Å²) < 4.78 is 3.48. The van der Waals surface area contributed by atoms with E-state index in [0.717, 1.165) is 22.2 Å². The van der Waals surface area contributed by atoms with Gasteiger partial charge in [-0.25, -0.2) is 9.67 Å². The zero-order valence-electron chi connectivity index (χ0n) is 16.6. The van der Waals surface area contributed by atoms with Crippen LogP contribution in [0.25, 0.3) is 16.6 Å². The molecule has 3 aromatic heterocycles. The van der Waals surface area contributed by atoms with Gasteiger partial charge in [-0.2, -0.15) is 15.5 Å². The molecule has 1 aromatic carbocycles. The lowest BCUT2D eigenvalue weighted by Gasteiger charge is -2.12. The van der Waals surface area contributed by atoms with Crippen molar-refractivity contribution in [1.82, 2.24) is 24.5 Å². The maximum absolute atomic E-state index is 12.9. The zero-order valence-corrected chi connectivity index (χ0v) is 16.6. The Labute approximate surface area is 167 Å². The van der Waals surface area contributed by atoms with Crippen LogP contribution in [-0.4, -0.2) is 30.5 Å². The summed E-state index contributed by atoms with van der Waals surface area (Å²) in [6.45, 7) is 5.37. The molecule has 3 heterocycles. The number of hydrogen-bond acceptors (Lipinski definition) is 5. The Balaban J connectivity index is 1.70. The van der Waals surface area contributed by atoms with Crippen molar-refractivity contribution in [2.75, 3.05) is 5.32 Å². The van der Waals surface area contributed by atoms with E-state index in [1.165, 1.54) is 0 Å². The van der Waals surface area contributed by atoms with E-state index in [1.54, 1.807) is 35.6 Å². The minimum Gasteiger partial charge on any atom is -0.321 e. The topological polar surface area (TPSA) is 101 Å². The van der Waals surface area contributed by atoms with Crippen LogP contribution < -0.4 is 5.32 Å². The lowest BCUT2D eigenvalue weighted by Crippen LogP contribution is -2.17. The highest BCUT2D eigenvalue weighted by Gasteiger charge is 2.18. The first-order chi connectivity index (χ1) is 13.9. The summed E-state index contributed by atoms with van der Waals surface area (Å²) in [5.41, 5.74) is 5.18. The van der Waals surface area contributed by atoms with E-state index in [1.807, 2.05) is 38.4 Å². The van der Waals surface area contributed by atoms with Crippen molar-refractivity contribution in [2.45, 2.75) is 20.8 Å². The fourth-order valence-electron chi connectivity index (χ4n) is 3.34. The number of amides is 1. The smallest absolute Gasteiger partial charge is 0.274 e. The molecule has 0 fully saturated rings. The molecule has 1 N–H and O–H groups in total. The second-order valence-electron chi connectivity index (χ2n) is 6.94. The van der Waals surface area contributed by atoms with Crippen molar-refractivity contribution in [1.29, 1.82) is 5.26 Å². The number of aryl methyl sites for hydroxylation is 2. The number of carbonyl (C=O) groups excluding carboxylic acids is 1. The number of anilines is 1. The molecule has 0 radical (unpaired) electrons. The molecule has 144 valence electrons. The number of fused-ring (bicyclic) bond motifs is 1. The van der Waals surface area contributed by atoms with Crippen molar-refractivity contribution < 1.29 is 4.79 Å². The summed E-state index contributed by atoms with van der Waals surface area (Å²) in [7, 11) is 1.84. The Morgan fingerprint density at radius 2 is 1.93 bits per heavy atom. The lowest BCUT2D eigenvalue weighted by molar-refractivity contribution is 0.102. The Bertz CT molecular complexity index is 1310. The highest BCUT2D eigenvalue weighted by Crippen LogP contribution is 2.23. The van der Waals surface area contributed by atoms with Gasteiger partial charge in [0.2, 0.25) is 0 Å². The van der Waals surface area contributed by atoms with Gasteiger partial charge in [-0.3, -0.25) is 9.48 Å². The van der Waals surface area contributed by atoms with Gasteiger partial charge < -0.3 is 5.32 Å². The van der Waals surface area contributed by atoms with Gasteiger partial charge in [0, 0.05) is 18.1 Å². The summed E-state index contributed by atoms with van der Waals surface area (Å²) in [4.78, 5) is 17.2. The zero-order chi connectivity index (χ0) is 20.7. The van der Waals surface area contributed by atoms with Crippen LogP contribution in [0.4, 0.5) is 5.69 Å². The number of hydrogen-bond donors (Lipinski definition) is 1. The number of nitriles is 1. The molecular formula is C21H19N7O. The van der Waals surface area contributed by atoms with Crippen LogP contribution in [-0.2, 0) is 7.05 Å². The van der Waals surface area contributed by atoms with Gasteiger partial charge in [-0.05, 0) is 50.1 Å². The molecule has 0 saturated heterocycles. The molecule has 8 heteroatoms. The molecule has 8 nitrogen and oxygen atoms in total. The number of pyridine rings is 1. The van der Waals surface area contributed by atoms with E-state index < -0.39 is 0 Å². The van der Waals surface area contributed by atoms with E-state index in [4.69, 9.17) is 0 Å². The summed E-state index contributed by atoms with van der Waals surface area (Å²) in [6.07, 6.45) is 5.37. The summed E-state index contributed by atoms with van der Waals surface area (Å²) in [6, 6.07) is 7.75. The summed E-state index contributed by atoms with van der Waals surface area (Å²) in [5, 5.41) is 21.8. The minimum atomic E-state index is -0.315. The Hall–Kier alpha value is -3.99. The van der Waals surface area contributed by atoms with Gasteiger partial charge in [0.1, 0.15) is 17.5 Å². The molecule has 0 saturated carbocycles. The van der Waals surface area contributed by atoms with E-state index in [0.29, 0.717) is 28.2 Å². The second-order valence-corrected chi connectivity index (χ2v) is 6.94. The monoisotopic (exact) mass is 385 g/mol. The molecule has 0 aliphatic heterocycles. The first-order valence-corrected chi connectivity index (χ1v) is 9.05. The molecule has 4 rings (SSSR count). The van der Waals surface area contributed by atoms with Gasteiger partial charge in [0.05, 0.1) is 35.4 Å². The number of nitrogens with one attached hydrogen (secondary N) is 1. The second kappa shape index (κ2) is 6.87. The maximum atomic E-state index is 12.9. The summed E-state index contributed by atoms with van der Waals surface area (Å²) in [5.74, 6) is -0.315. The molecule has 0 aliphatic carbocycles. The van der Waals surface area contributed by atoms with E-state index in [-0.39, 0.29) is 5.91 Å². The normalized spacial score (nSPS) is 10.9. The standard InChI is InChI=1S/C21H19N7O/c1-12-13(2)20(25-14(3)18(12)8-22)21(29)26-16-6-5-15-9-24-28(19(15)7-16)17-10-23-27(4)11-17/h5-7,9-11H,1-4H3,(H,26,29). The number of nitrogens with zero attached hydrogens (tertiary/aromatic N) is 6. The molecule has 4 aromatic rings. The third-order valence-electron chi connectivity index (χ3n) is 5.03. The molecule has 0 unspecified atom stereocenters. The van der Waals surface area contributed by atoms with Gasteiger partial charge in [-0.1, -0.05) is 0 Å². The quantitative estimate of drug-likeness (QED) is 0.583. The number of aromatic nitrogens is 5. The van der Waals surface area contributed by atoms with Crippen LogP contribution in [0.15, 0.2) is 36.8 Å². The number of benzene rings is 1. The highest BCUT2D eigenvalue weighted by molar-refractivity contribution is 6.05. The Morgan fingerprint density at radius 1 is 1.14 bits per heavy atom. The van der Waals surface area contributed by atoms with Crippen molar-refractivity contribution >= 4 is 22.5 Å². The van der Waals surface area contributed by atoms with Crippen LogP contribution in [0.5, 0.6) is 0 Å². The Kier molecular flexibility index (Phi) is 4.35.